The number of hydrogen-bond acceptors (Lipinski definition) is 2. The molecular weight excluding hydrogens is 150 g/mol. The second-order valence-electron chi connectivity index (χ2n) is 2.42. The van der Waals surface area contributed by atoms with Crippen molar-refractivity contribution in [2.45, 2.75) is 12.8 Å². The molecule has 1 fully saturated rings. The van der Waals surface area contributed by atoms with Crippen LogP contribution in [-0.2, 0) is 10.0 Å². The average molecular weight is 162 g/mol. The highest BCUT2D eigenvalue weighted by atomic mass is 32.2. The summed E-state index contributed by atoms with van der Waals surface area (Å²) in [5.74, 6) is -0.00694. The Bertz CT molecular complexity index is 192. The minimum atomic E-state index is -2.98. The molecule has 0 amide bonds. The van der Waals surface area contributed by atoms with E-state index in [4.69, 9.17) is 0 Å². The Labute approximate surface area is 62.1 Å². The predicted molar refractivity (Wildman–Crippen MR) is 40.0 cm³/mol. The van der Waals surface area contributed by atoms with Gasteiger partial charge in [0.05, 0.1) is 5.75 Å². The van der Waals surface area contributed by atoms with Crippen LogP contribution in [0.25, 0.3) is 0 Å². The normalized spacial score (nSPS) is 21.7. The monoisotopic (exact) mass is 162 g/mol. The summed E-state index contributed by atoms with van der Waals surface area (Å²) in [5.41, 5.74) is 0. The fraction of sp³-hybridized carbons (Fsp3) is 0.833. The summed E-state index contributed by atoms with van der Waals surface area (Å²) >= 11 is 0. The molecule has 1 rings (SSSR count). The van der Waals surface area contributed by atoms with E-state index in [0.717, 1.165) is 12.8 Å². The van der Waals surface area contributed by atoms with Crippen molar-refractivity contribution in [3.63, 3.8) is 0 Å². The second-order valence-corrected chi connectivity index (χ2v) is 4.51. The lowest BCUT2D eigenvalue weighted by Gasteiger charge is -2.12. The number of rotatable bonds is 2. The summed E-state index contributed by atoms with van der Waals surface area (Å²) in [5, 5.41) is 0. The molecular formula is C6H12NO2S. The molecule has 3 nitrogen and oxygen atoms in total. The van der Waals surface area contributed by atoms with Crippen molar-refractivity contribution < 1.29 is 8.42 Å². The number of nitrogens with zero attached hydrogens (tertiary/aromatic N) is 1. The fourth-order valence-electron chi connectivity index (χ4n) is 1.10. The smallest absolute Gasteiger partial charge is 0.212 e. The van der Waals surface area contributed by atoms with Crippen molar-refractivity contribution in [2.24, 2.45) is 0 Å². The summed E-state index contributed by atoms with van der Waals surface area (Å²) in [6.07, 6.45) is 2.00. The van der Waals surface area contributed by atoms with Gasteiger partial charge in [0.1, 0.15) is 0 Å². The van der Waals surface area contributed by atoms with Gasteiger partial charge in [-0.05, 0) is 19.8 Å². The van der Waals surface area contributed by atoms with E-state index in [0.29, 0.717) is 13.1 Å². The molecule has 1 saturated heterocycles. The Morgan fingerprint density at radius 2 is 1.80 bits per heavy atom. The molecule has 10 heavy (non-hydrogen) atoms. The molecule has 0 aliphatic carbocycles. The van der Waals surface area contributed by atoms with E-state index in [-0.39, 0.29) is 5.75 Å². The molecule has 0 N–H and O–H groups in total. The van der Waals surface area contributed by atoms with E-state index in [2.05, 4.69) is 6.92 Å². The van der Waals surface area contributed by atoms with E-state index in [9.17, 15) is 8.42 Å². The van der Waals surface area contributed by atoms with Crippen LogP contribution in [0.5, 0.6) is 0 Å². The van der Waals surface area contributed by atoms with E-state index < -0.39 is 10.0 Å². The molecule has 0 saturated carbocycles. The molecule has 1 aliphatic rings. The minimum absolute atomic E-state index is 0.00694. The quantitative estimate of drug-likeness (QED) is 0.583. The highest BCUT2D eigenvalue weighted by Gasteiger charge is 2.22. The number of hydrogen-bond donors (Lipinski definition) is 0. The summed E-state index contributed by atoms with van der Waals surface area (Å²) in [6, 6.07) is 0. The molecule has 1 heterocycles. The zero-order chi connectivity index (χ0) is 7.61. The first-order valence-corrected chi connectivity index (χ1v) is 5.05. The van der Waals surface area contributed by atoms with Crippen LogP contribution >= 0.6 is 0 Å². The molecule has 59 valence electrons. The van der Waals surface area contributed by atoms with Crippen LogP contribution in [0.2, 0.25) is 0 Å². The van der Waals surface area contributed by atoms with Crippen LogP contribution in [0.4, 0.5) is 0 Å². The molecule has 0 aromatic heterocycles. The molecule has 0 aromatic carbocycles. The van der Waals surface area contributed by atoms with Gasteiger partial charge in [0.15, 0.2) is 0 Å². The van der Waals surface area contributed by atoms with Crippen molar-refractivity contribution in [1.82, 2.24) is 4.31 Å². The first-order valence-electron chi connectivity index (χ1n) is 3.44. The van der Waals surface area contributed by atoms with Gasteiger partial charge < -0.3 is 0 Å². The van der Waals surface area contributed by atoms with E-state index in [1.807, 2.05) is 0 Å². The van der Waals surface area contributed by atoms with E-state index >= 15 is 0 Å². The van der Waals surface area contributed by atoms with Crippen molar-refractivity contribution in [2.75, 3.05) is 18.8 Å². The molecule has 0 unspecified atom stereocenters. The van der Waals surface area contributed by atoms with Gasteiger partial charge in [-0.25, -0.2) is 12.7 Å². The van der Waals surface area contributed by atoms with Gasteiger partial charge >= 0.3 is 0 Å². The van der Waals surface area contributed by atoms with Crippen LogP contribution in [0.3, 0.4) is 0 Å². The topological polar surface area (TPSA) is 37.4 Å². The Morgan fingerprint density at radius 3 is 2.20 bits per heavy atom. The highest BCUT2D eigenvalue weighted by molar-refractivity contribution is 7.89. The summed E-state index contributed by atoms with van der Waals surface area (Å²) in [7, 11) is -2.98. The molecule has 0 bridgehead atoms. The predicted octanol–water partition coefficient (Wildman–Crippen LogP) is 0.246. The fourth-order valence-corrected chi connectivity index (χ4v) is 2.17. The first-order chi connectivity index (χ1) is 4.67. The Kier molecular flexibility index (Phi) is 2.31. The van der Waals surface area contributed by atoms with Gasteiger partial charge in [-0.1, -0.05) is 0 Å². The van der Waals surface area contributed by atoms with Gasteiger partial charge in [0.2, 0.25) is 10.0 Å². The maximum absolute atomic E-state index is 11.1. The minimum Gasteiger partial charge on any atom is -0.212 e. The van der Waals surface area contributed by atoms with Crippen LogP contribution in [0.1, 0.15) is 12.8 Å². The lowest BCUT2D eigenvalue weighted by molar-refractivity contribution is 0.480. The third-order valence-corrected chi connectivity index (χ3v) is 3.38. The summed E-state index contributed by atoms with van der Waals surface area (Å²) in [6.45, 7) is 4.76. The van der Waals surface area contributed by atoms with Crippen molar-refractivity contribution in [3.8, 4) is 0 Å². The van der Waals surface area contributed by atoms with Crippen molar-refractivity contribution in [1.29, 1.82) is 0 Å². The zero-order valence-corrected chi connectivity index (χ0v) is 6.73. The standard InChI is InChI=1S/C6H12NO2S/c1-2-10(8,9)7-5-3-4-6-7/h1-6H2. The average Bonchev–Trinajstić information content (AvgIpc) is 2.38. The molecule has 1 aliphatic heterocycles. The van der Waals surface area contributed by atoms with Gasteiger partial charge in [-0.15, -0.1) is 0 Å². The zero-order valence-electron chi connectivity index (χ0n) is 5.91. The van der Waals surface area contributed by atoms with Crippen molar-refractivity contribution >= 4 is 10.0 Å². The highest BCUT2D eigenvalue weighted by Crippen LogP contribution is 2.12. The molecule has 4 heteroatoms. The van der Waals surface area contributed by atoms with Gasteiger partial charge in [0.25, 0.3) is 0 Å². The third kappa shape index (κ3) is 1.49. The second kappa shape index (κ2) is 2.88. The van der Waals surface area contributed by atoms with Crippen LogP contribution in [0, 0.1) is 6.92 Å². The third-order valence-electron chi connectivity index (χ3n) is 1.72. The maximum atomic E-state index is 11.1. The molecule has 0 aromatic rings. The van der Waals surface area contributed by atoms with E-state index in [1.54, 1.807) is 0 Å². The van der Waals surface area contributed by atoms with Gasteiger partial charge in [-0.2, -0.15) is 0 Å². The lowest BCUT2D eigenvalue weighted by atomic mass is 10.4. The lowest BCUT2D eigenvalue weighted by Crippen LogP contribution is -2.29. The summed E-state index contributed by atoms with van der Waals surface area (Å²) in [4.78, 5) is 0. The molecule has 1 radical (unpaired) electrons. The molecule has 0 atom stereocenters. The molecule has 0 spiro atoms. The van der Waals surface area contributed by atoms with Crippen LogP contribution < -0.4 is 0 Å². The van der Waals surface area contributed by atoms with E-state index in [1.165, 1.54) is 4.31 Å². The Hall–Kier alpha value is -0.0900. The van der Waals surface area contributed by atoms with Crippen LogP contribution in [-0.4, -0.2) is 31.6 Å². The Balaban J connectivity index is 2.63. The number of sulfonamides is 1. The van der Waals surface area contributed by atoms with Crippen LogP contribution in [0.15, 0.2) is 0 Å². The van der Waals surface area contributed by atoms with Crippen molar-refractivity contribution in [3.05, 3.63) is 6.92 Å². The first kappa shape index (κ1) is 8.01. The summed E-state index contributed by atoms with van der Waals surface area (Å²) < 4.78 is 23.6. The van der Waals surface area contributed by atoms with Gasteiger partial charge in [-0.3, -0.25) is 0 Å². The maximum Gasteiger partial charge on any atom is 0.214 e. The Morgan fingerprint density at radius 1 is 1.30 bits per heavy atom. The largest absolute Gasteiger partial charge is 0.214 e. The SMILES string of the molecule is [CH2]CS(=O)(=O)N1CCCC1. The van der Waals surface area contributed by atoms with Gasteiger partial charge in [0, 0.05) is 13.1 Å².